The molecule has 0 radical (unpaired) electrons. The summed E-state index contributed by atoms with van der Waals surface area (Å²) in [5, 5.41) is 16.2. The topological polar surface area (TPSA) is 103 Å². The van der Waals surface area contributed by atoms with Crippen molar-refractivity contribution in [1.29, 1.82) is 0 Å². The lowest BCUT2D eigenvalue weighted by Crippen LogP contribution is -2.21. The Morgan fingerprint density at radius 2 is 1.80 bits per heavy atom. The first-order chi connectivity index (χ1) is 9.14. The first kappa shape index (κ1) is 15.4. The molecule has 0 spiro atoms. The van der Waals surface area contributed by atoms with Crippen molar-refractivity contribution < 1.29 is 37.4 Å². The predicted molar refractivity (Wildman–Crippen MR) is 56.7 cm³/mol. The van der Waals surface area contributed by atoms with E-state index in [-0.39, 0.29) is 11.1 Å². The molecule has 0 aliphatic carbocycles. The molecule has 108 valence electrons. The second-order valence-electron chi connectivity index (χ2n) is 3.33. The highest BCUT2D eigenvalue weighted by molar-refractivity contribution is 6.02. The first-order valence-corrected chi connectivity index (χ1v) is 4.79. The number of carbonyl (C=O) groups is 2. The fourth-order valence-corrected chi connectivity index (χ4v) is 1.20. The van der Waals surface area contributed by atoms with Crippen molar-refractivity contribution in [2.45, 2.75) is 6.18 Å². The van der Waals surface area contributed by atoms with Crippen LogP contribution >= 0.6 is 0 Å². The van der Waals surface area contributed by atoms with Crippen LogP contribution in [-0.4, -0.2) is 38.3 Å². The maximum absolute atomic E-state index is 12.9. The van der Waals surface area contributed by atoms with Crippen LogP contribution in [0.2, 0.25) is 0 Å². The fourth-order valence-electron chi connectivity index (χ4n) is 1.20. The number of fused-ring (bicyclic) bond motifs is 1. The van der Waals surface area contributed by atoms with E-state index in [1.165, 1.54) is 18.5 Å². The summed E-state index contributed by atoms with van der Waals surface area (Å²) in [4.78, 5) is 25.4. The zero-order valence-electron chi connectivity index (χ0n) is 9.40. The third-order valence-electron chi connectivity index (χ3n) is 2.03. The van der Waals surface area contributed by atoms with Crippen molar-refractivity contribution >= 4 is 22.8 Å². The van der Waals surface area contributed by atoms with Crippen LogP contribution in [0.15, 0.2) is 18.5 Å². The number of alkyl halides is 3. The van der Waals surface area contributed by atoms with E-state index in [2.05, 4.69) is 9.97 Å². The van der Waals surface area contributed by atoms with Crippen LogP contribution in [-0.2, 0) is 4.79 Å². The van der Waals surface area contributed by atoms with E-state index in [9.17, 15) is 22.4 Å². The first-order valence-electron chi connectivity index (χ1n) is 4.79. The molecule has 2 heterocycles. The number of nitrogens with one attached hydrogen (secondary N) is 1. The van der Waals surface area contributed by atoms with E-state index >= 15 is 0 Å². The molecule has 20 heavy (non-hydrogen) atoms. The molecule has 0 amide bonds. The van der Waals surface area contributed by atoms with Crippen molar-refractivity contribution in [3.63, 3.8) is 0 Å². The van der Waals surface area contributed by atoms with Crippen LogP contribution < -0.4 is 0 Å². The molecule has 2 aromatic rings. The summed E-state index contributed by atoms with van der Waals surface area (Å²) in [6, 6.07) is 1.46. The average Bonchev–Trinajstić information content (AvgIpc) is 2.73. The van der Waals surface area contributed by atoms with Gasteiger partial charge < -0.3 is 15.2 Å². The quantitative estimate of drug-likeness (QED) is 0.551. The largest absolute Gasteiger partial charge is 0.490 e. The average molecular weight is 294 g/mol. The molecular formula is C10H6F4N2O4. The normalized spacial score (nSPS) is 10.8. The van der Waals surface area contributed by atoms with Gasteiger partial charge in [-0.25, -0.2) is 14.6 Å². The lowest BCUT2D eigenvalue weighted by Gasteiger charge is -1.93. The molecule has 3 N–H and O–H groups in total. The molecule has 6 nitrogen and oxygen atoms in total. The van der Waals surface area contributed by atoms with Gasteiger partial charge in [0.2, 0.25) is 5.95 Å². The summed E-state index contributed by atoms with van der Waals surface area (Å²) < 4.78 is 44.7. The molecular weight excluding hydrogens is 288 g/mol. The SMILES string of the molecule is O=C(O)C(F)(F)F.O=C(O)c1c[nH]c2c(F)nccc12. The van der Waals surface area contributed by atoms with Crippen molar-refractivity contribution in [3.05, 3.63) is 30.0 Å². The molecule has 0 fully saturated rings. The van der Waals surface area contributed by atoms with Gasteiger partial charge in [-0.15, -0.1) is 0 Å². The standard InChI is InChI=1S/C8H5FN2O2.C2HF3O2/c9-7-6-4(1-2-10-7)5(3-11-6)8(12)13;3-2(4,5)1(6)7/h1-3,11H,(H,12,13);(H,6,7). The summed E-state index contributed by atoms with van der Waals surface area (Å²) in [5.41, 5.74) is 0.177. The monoisotopic (exact) mass is 294 g/mol. The summed E-state index contributed by atoms with van der Waals surface area (Å²) in [7, 11) is 0. The Morgan fingerprint density at radius 1 is 1.25 bits per heavy atom. The van der Waals surface area contributed by atoms with E-state index in [4.69, 9.17) is 15.0 Å². The van der Waals surface area contributed by atoms with Crippen LogP contribution in [0.25, 0.3) is 10.9 Å². The summed E-state index contributed by atoms with van der Waals surface area (Å²) in [5.74, 6) is -4.53. The van der Waals surface area contributed by atoms with Crippen molar-refractivity contribution in [2.75, 3.05) is 0 Å². The lowest BCUT2D eigenvalue weighted by molar-refractivity contribution is -0.192. The number of carboxylic acids is 2. The third-order valence-corrected chi connectivity index (χ3v) is 2.03. The highest BCUT2D eigenvalue weighted by Gasteiger charge is 2.38. The maximum Gasteiger partial charge on any atom is 0.490 e. The molecule has 0 bridgehead atoms. The Kier molecular flexibility index (Phi) is 4.27. The van der Waals surface area contributed by atoms with Crippen molar-refractivity contribution in [2.24, 2.45) is 0 Å². The van der Waals surface area contributed by atoms with Crippen LogP contribution in [0.4, 0.5) is 17.6 Å². The maximum atomic E-state index is 12.9. The Labute approximate surface area is 107 Å². The van der Waals surface area contributed by atoms with Crippen LogP contribution in [0.5, 0.6) is 0 Å². The zero-order chi connectivity index (χ0) is 15.5. The third kappa shape index (κ3) is 3.43. The van der Waals surface area contributed by atoms with Gasteiger partial charge in [0, 0.05) is 17.8 Å². The van der Waals surface area contributed by atoms with E-state index in [1.807, 2.05) is 0 Å². The van der Waals surface area contributed by atoms with Gasteiger partial charge in [0.25, 0.3) is 0 Å². The van der Waals surface area contributed by atoms with Crippen molar-refractivity contribution in [1.82, 2.24) is 9.97 Å². The summed E-state index contributed by atoms with van der Waals surface area (Å²) >= 11 is 0. The van der Waals surface area contributed by atoms with Crippen LogP contribution in [0, 0.1) is 5.95 Å². The Morgan fingerprint density at radius 3 is 2.25 bits per heavy atom. The number of aromatic amines is 1. The number of nitrogens with zero attached hydrogens (tertiary/aromatic N) is 1. The molecule has 10 heteroatoms. The van der Waals surface area contributed by atoms with Gasteiger partial charge in [-0.3, -0.25) is 0 Å². The molecule has 2 rings (SSSR count). The van der Waals surface area contributed by atoms with Crippen LogP contribution in [0.3, 0.4) is 0 Å². The minimum absolute atomic E-state index is 0.0521. The minimum atomic E-state index is -5.08. The van der Waals surface area contributed by atoms with E-state index < -0.39 is 24.1 Å². The van der Waals surface area contributed by atoms with Gasteiger partial charge >= 0.3 is 18.1 Å². The van der Waals surface area contributed by atoms with Crippen molar-refractivity contribution in [3.8, 4) is 0 Å². The van der Waals surface area contributed by atoms with E-state index in [0.717, 1.165) is 0 Å². The molecule has 2 aromatic heterocycles. The Bertz CT molecular complexity index is 650. The van der Waals surface area contributed by atoms with E-state index in [1.54, 1.807) is 0 Å². The second-order valence-corrected chi connectivity index (χ2v) is 3.33. The Hall–Kier alpha value is -2.65. The molecule has 0 saturated heterocycles. The summed E-state index contributed by atoms with van der Waals surface area (Å²) in [6.45, 7) is 0. The van der Waals surface area contributed by atoms with E-state index in [0.29, 0.717) is 5.39 Å². The molecule has 0 aliphatic heterocycles. The number of rotatable bonds is 1. The smallest absolute Gasteiger partial charge is 0.478 e. The minimum Gasteiger partial charge on any atom is -0.478 e. The number of carboxylic acid groups (broad SMARTS) is 2. The van der Waals surface area contributed by atoms with Gasteiger partial charge in [-0.1, -0.05) is 0 Å². The number of aromatic nitrogens is 2. The van der Waals surface area contributed by atoms with Gasteiger partial charge in [0.15, 0.2) is 0 Å². The highest BCUT2D eigenvalue weighted by Crippen LogP contribution is 2.18. The van der Waals surface area contributed by atoms with Gasteiger partial charge in [-0.05, 0) is 6.07 Å². The molecule has 0 saturated carbocycles. The fraction of sp³-hybridized carbons (Fsp3) is 0.100. The zero-order valence-corrected chi connectivity index (χ0v) is 9.40. The van der Waals surface area contributed by atoms with Gasteiger partial charge in [0.1, 0.15) is 5.52 Å². The number of H-pyrrole nitrogens is 1. The predicted octanol–water partition coefficient (Wildman–Crippen LogP) is 2.03. The number of hydrogen-bond acceptors (Lipinski definition) is 3. The number of pyridine rings is 1. The lowest BCUT2D eigenvalue weighted by atomic mass is 10.2. The molecule has 0 aliphatic rings. The number of halogens is 4. The molecule has 0 unspecified atom stereocenters. The second kappa shape index (κ2) is 5.55. The number of aliphatic carboxylic acids is 1. The Balaban J connectivity index is 0.000000246. The van der Waals surface area contributed by atoms with Crippen LogP contribution in [0.1, 0.15) is 10.4 Å². The molecule has 0 atom stereocenters. The van der Waals surface area contributed by atoms with Gasteiger partial charge in [0.05, 0.1) is 5.56 Å². The summed E-state index contributed by atoms with van der Waals surface area (Å²) in [6.07, 6.45) is -2.60. The van der Waals surface area contributed by atoms with Gasteiger partial charge in [-0.2, -0.15) is 17.6 Å². The highest BCUT2D eigenvalue weighted by atomic mass is 19.4. The number of hydrogen-bond donors (Lipinski definition) is 3. The molecule has 0 aromatic carbocycles. The number of aromatic carboxylic acids is 1.